The molecule has 120 valence electrons. The molecule has 2 amide bonds. The van der Waals surface area contributed by atoms with Crippen LogP contribution in [0.4, 0.5) is 4.79 Å². The van der Waals surface area contributed by atoms with Crippen LogP contribution in [-0.2, 0) is 17.6 Å². The minimum absolute atomic E-state index is 0.0639. The van der Waals surface area contributed by atoms with E-state index in [1.54, 1.807) is 0 Å². The molecule has 1 heterocycles. The Kier molecular flexibility index (Phi) is 4.10. The van der Waals surface area contributed by atoms with Gasteiger partial charge in [-0.25, -0.2) is 4.79 Å². The number of ether oxygens (including phenoxy) is 1. The smallest absolute Gasteiger partial charge is 0.314 e. The normalized spacial score (nSPS) is 25.7. The molecule has 1 atom stereocenters. The minimum atomic E-state index is -0.912. The second-order valence-corrected chi connectivity index (χ2v) is 7.00. The van der Waals surface area contributed by atoms with E-state index in [0.717, 1.165) is 12.8 Å². The molecule has 5 nitrogen and oxygen atoms in total. The first-order valence-electron chi connectivity index (χ1n) is 7.87. The maximum Gasteiger partial charge on any atom is 0.314 e. The molecule has 1 aliphatic heterocycles. The van der Waals surface area contributed by atoms with Gasteiger partial charge in [0.1, 0.15) is 5.60 Å². The summed E-state index contributed by atoms with van der Waals surface area (Å²) in [5.41, 5.74) is 1.91. The number of benzene rings is 1. The second-order valence-electron chi connectivity index (χ2n) is 7.00. The molecule has 22 heavy (non-hydrogen) atoms. The number of aliphatic hydroxyl groups is 1. The highest BCUT2D eigenvalue weighted by molar-refractivity contribution is 5.74. The number of carbonyl (C=O) groups excluding carboxylic acids is 1. The van der Waals surface area contributed by atoms with Gasteiger partial charge in [-0.1, -0.05) is 31.2 Å². The molecule has 0 bridgehead atoms. The van der Waals surface area contributed by atoms with Crippen LogP contribution < -0.4 is 10.6 Å². The van der Waals surface area contributed by atoms with E-state index < -0.39 is 5.60 Å². The van der Waals surface area contributed by atoms with Crippen molar-refractivity contribution in [3.63, 3.8) is 0 Å². The van der Waals surface area contributed by atoms with E-state index in [0.29, 0.717) is 26.2 Å². The summed E-state index contributed by atoms with van der Waals surface area (Å²) in [6.45, 7) is 3.90. The van der Waals surface area contributed by atoms with E-state index in [2.05, 4.69) is 41.8 Å². The zero-order valence-electron chi connectivity index (χ0n) is 13.0. The van der Waals surface area contributed by atoms with Gasteiger partial charge in [-0.05, 0) is 29.4 Å². The lowest BCUT2D eigenvalue weighted by molar-refractivity contribution is 0.0291. The molecule has 3 rings (SSSR count). The molecule has 0 radical (unpaired) electrons. The monoisotopic (exact) mass is 304 g/mol. The third-order valence-electron chi connectivity index (χ3n) is 4.69. The number of hydrogen-bond acceptors (Lipinski definition) is 3. The van der Waals surface area contributed by atoms with E-state index in [1.807, 2.05) is 0 Å². The molecule has 0 saturated carbocycles. The average molecular weight is 304 g/mol. The van der Waals surface area contributed by atoms with Gasteiger partial charge in [-0.3, -0.25) is 0 Å². The van der Waals surface area contributed by atoms with Gasteiger partial charge in [-0.2, -0.15) is 0 Å². The molecule has 0 aromatic heterocycles. The number of fused-ring (bicyclic) bond motifs is 1. The van der Waals surface area contributed by atoms with Crippen molar-refractivity contribution < 1.29 is 14.6 Å². The Labute approximate surface area is 131 Å². The molecule has 0 spiro atoms. The Balaban J connectivity index is 1.45. The highest BCUT2D eigenvalue weighted by atomic mass is 16.5. The molecular weight excluding hydrogens is 280 g/mol. The topological polar surface area (TPSA) is 70.6 Å². The van der Waals surface area contributed by atoms with Crippen molar-refractivity contribution in [3.05, 3.63) is 35.4 Å². The van der Waals surface area contributed by atoms with Crippen molar-refractivity contribution in [2.75, 3.05) is 26.3 Å². The van der Waals surface area contributed by atoms with Crippen LogP contribution >= 0.6 is 0 Å². The molecule has 1 fully saturated rings. The first-order valence-corrected chi connectivity index (χ1v) is 7.87. The Morgan fingerprint density at radius 3 is 2.45 bits per heavy atom. The quantitative estimate of drug-likeness (QED) is 0.784. The summed E-state index contributed by atoms with van der Waals surface area (Å²) >= 11 is 0. The van der Waals surface area contributed by atoms with E-state index in [-0.39, 0.29) is 18.0 Å². The Hall–Kier alpha value is -1.59. The van der Waals surface area contributed by atoms with Crippen LogP contribution in [0.2, 0.25) is 0 Å². The number of carbonyl (C=O) groups is 1. The Morgan fingerprint density at radius 1 is 1.23 bits per heavy atom. The highest BCUT2D eigenvalue weighted by Crippen LogP contribution is 2.35. The summed E-state index contributed by atoms with van der Waals surface area (Å²) in [6, 6.07) is 8.23. The van der Waals surface area contributed by atoms with E-state index in [1.165, 1.54) is 11.1 Å². The summed E-state index contributed by atoms with van der Waals surface area (Å²) in [4.78, 5) is 11.9. The number of hydrogen-bond donors (Lipinski definition) is 3. The number of amides is 2. The average Bonchev–Trinajstić information content (AvgIpc) is 3.07. The van der Waals surface area contributed by atoms with Crippen molar-refractivity contribution in [1.82, 2.24) is 10.6 Å². The van der Waals surface area contributed by atoms with Gasteiger partial charge in [-0.15, -0.1) is 0 Å². The summed E-state index contributed by atoms with van der Waals surface area (Å²) in [7, 11) is 0. The Bertz CT molecular complexity index is 528. The summed E-state index contributed by atoms with van der Waals surface area (Å²) in [6.07, 6.45) is 2.54. The molecular formula is C17H24N2O3. The first-order chi connectivity index (χ1) is 10.5. The molecule has 1 saturated heterocycles. The molecule has 5 heteroatoms. The van der Waals surface area contributed by atoms with Gasteiger partial charge in [0.15, 0.2) is 0 Å². The van der Waals surface area contributed by atoms with E-state index in [4.69, 9.17) is 4.74 Å². The zero-order chi connectivity index (χ0) is 15.6. The van der Waals surface area contributed by atoms with Crippen molar-refractivity contribution in [2.24, 2.45) is 5.41 Å². The van der Waals surface area contributed by atoms with Crippen LogP contribution in [0, 0.1) is 5.41 Å². The molecule has 1 aliphatic carbocycles. The maximum atomic E-state index is 11.9. The third kappa shape index (κ3) is 3.42. The fraction of sp³-hybridized carbons (Fsp3) is 0.588. The summed E-state index contributed by atoms with van der Waals surface area (Å²) < 4.78 is 5.16. The number of nitrogens with one attached hydrogen (secondary N) is 2. The van der Waals surface area contributed by atoms with Gasteiger partial charge in [0.2, 0.25) is 0 Å². The highest BCUT2D eigenvalue weighted by Gasteiger charge is 2.34. The van der Waals surface area contributed by atoms with Crippen LogP contribution in [0.25, 0.3) is 0 Å². The lowest BCUT2D eigenvalue weighted by Crippen LogP contribution is -2.48. The van der Waals surface area contributed by atoms with Gasteiger partial charge in [0, 0.05) is 19.6 Å². The first kappa shape index (κ1) is 15.3. The lowest BCUT2D eigenvalue weighted by atomic mass is 9.87. The van der Waals surface area contributed by atoms with Crippen molar-refractivity contribution >= 4 is 6.03 Å². The van der Waals surface area contributed by atoms with Gasteiger partial charge in [0.25, 0.3) is 0 Å². The molecule has 1 aromatic carbocycles. The molecule has 0 unspecified atom stereocenters. The van der Waals surface area contributed by atoms with Crippen LogP contribution in [0.15, 0.2) is 24.3 Å². The Morgan fingerprint density at radius 2 is 1.86 bits per heavy atom. The van der Waals surface area contributed by atoms with Gasteiger partial charge in [0.05, 0.1) is 13.2 Å². The van der Waals surface area contributed by atoms with Crippen LogP contribution in [-0.4, -0.2) is 43.0 Å². The van der Waals surface area contributed by atoms with Gasteiger partial charge < -0.3 is 20.5 Å². The fourth-order valence-electron chi connectivity index (χ4n) is 3.35. The molecule has 1 aromatic rings. The van der Waals surface area contributed by atoms with Crippen molar-refractivity contribution in [3.8, 4) is 0 Å². The number of rotatable bonds is 4. The summed E-state index contributed by atoms with van der Waals surface area (Å²) in [5, 5.41) is 15.8. The van der Waals surface area contributed by atoms with Crippen LogP contribution in [0.5, 0.6) is 0 Å². The van der Waals surface area contributed by atoms with Crippen LogP contribution in [0.1, 0.15) is 24.5 Å². The van der Waals surface area contributed by atoms with E-state index in [9.17, 15) is 9.90 Å². The maximum absolute atomic E-state index is 11.9. The predicted octanol–water partition coefficient (Wildman–Crippen LogP) is 1.24. The standard InChI is InChI=1S/C17H24N2O3/c1-16(8-13-4-2-3-5-14(13)9-16)10-18-15(20)19-11-17(21)6-7-22-12-17/h2-5,21H,6-12H2,1H3,(H2,18,19,20)/t17-/m0/s1. The predicted molar refractivity (Wildman–Crippen MR) is 83.7 cm³/mol. The minimum Gasteiger partial charge on any atom is -0.386 e. The van der Waals surface area contributed by atoms with E-state index >= 15 is 0 Å². The zero-order valence-corrected chi connectivity index (χ0v) is 13.0. The van der Waals surface area contributed by atoms with Crippen molar-refractivity contribution in [2.45, 2.75) is 31.8 Å². The molecule has 3 N–H and O–H groups in total. The fourth-order valence-corrected chi connectivity index (χ4v) is 3.35. The second kappa shape index (κ2) is 5.89. The number of urea groups is 1. The van der Waals surface area contributed by atoms with Gasteiger partial charge >= 0.3 is 6.03 Å². The third-order valence-corrected chi connectivity index (χ3v) is 4.69. The van der Waals surface area contributed by atoms with Crippen LogP contribution in [0.3, 0.4) is 0 Å². The summed E-state index contributed by atoms with van der Waals surface area (Å²) in [5.74, 6) is 0. The lowest BCUT2D eigenvalue weighted by Gasteiger charge is -2.25. The molecule has 2 aliphatic rings. The van der Waals surface area contributed by atoms with Crippen molar-refractivity contribution in [1.29, 1.82) is 0 Å². The SMILES string of the molecule is CC1(CNC(=O)NC[C@@]2(O)CCOC2)Cc2ccccc2C1. The largest absolute Gasteiger partial charge is 0.386 e.